The lowest BCUT2D eigenvalue weighted by Gasteiger charge is -2.30. The van der Waals surface area contributed by atoms with Crippen molar-refractivity contribution in [3.8, 4) is 0 Å². The molecule has 0 aliphatic rings. The molecule has 0 atom stereocenters. The van der Waals surface area contributed by atoms with E-state index in [4.69, 9.17) is 0 Å². The van der Waals surface area contributed by atoms with Gasteiger partial charge in [0.15, 0.2) is 0 Å². The summed E-state index contributed by atoms with van der Waals surface area (Å²) < 4.78 is 0. The third-order valence-electron chi connectivity index (χ3n) is 3.72. The standard InChI is InChI=1S/C18H27N5/c1-14(2)23(15(3)4)11-10-19-17-12-18(21-13-20-17)22-16-8-6-5-7-9-16/h5-9,12-15H,10-11H2,1-4H3,(H2,19,20,21,22). The predicted octanol–water partition coefficient (Wildman–Crippen LogP) is 3.75. The van der Waals surface area contributed by atoms with Crippen LogP contribution in [0.1, 0.15) is 27.7 Å². The number of benzene rings is 1. The molecule has 0 radical (unpaired) electrons. The van der Waals surface area contributed by atoms with Crippen LogP contribution in [0.25, 0.3) is 0 Å². The van der Waals surface area contributed by atoms with Gasteiger partial charge in [-0.2, -0.15) is 0 Å². The highest BCUT2D eigenvalue weighted by Crippen LogP contribution is 2.15. The third kappa shape index (κ3) is 5.53. The highest BCUT2D eigenvalue weighted by atomic mass is 15.2. The normalized spacial score (nSPS) is 11.3. The number of nitrogens with zero attached hydrogens (tertiary/aromatic N) is 3. The van der Waals surface area contributed by atoms with Gasteiger partial charge in [0.05, 0.1) is 0 Å². The molecular formula is C18H27N5. The van der Waals surface area contributed by atoms with E-state index in [-0.39, 0.29) is 0 Å². The van der Waals surface area contributed by atoms with Gasteiger partial charge in [-0.3, -0.25) is 4.90 Å². The van der Waals surface area contributed by atoms with Crippen LogP contribution in [0.5, 0.6) is 0 Å². The molecule has 0 unspecified atom stereocenters. The second-order valence-corrected chi connectivity index (χ2v) is 6.13. The van der Waals surface area contributed by atoms with E-state index in [1.165, 1.54) is 0 Å². The first-order chi connectivity index (χ1) is 11.1. The Morgan fingerprint density at radius 3 is 2.26 bits per heavy atom. The van der Waals surface area contributed by atoms with Crippen LogP contribution in [0.2, 0.25) is 0 Å². The molecule has 2 rings (SSSR count). The first-order valence-electron chi connectivity index (χ1n) is 8.20. The Bertz CT molecular complexity index is 575. The fraction of sp³-hybridized carbons (Fsp3) is 0.444. The summed E-state index contributed by atoms with van der Waals surface area (Å²) in [6, 6.07) is 13.0. The summed E-state index contributed by atoms with van der Waals surface area (Å²) in [5, 5.41) is 6.66. The average molecular weight is 313 g/mol. The van der Waals surface area contributed by atoms with Crippen molar-refractivity contribution >= 4 is 17.3 Å². The van der Waals surface area contributed by atoms with E-state index in [2.05, 4.69) is 53.2 Å². The largest absolute Gasteiger partial charge is 0.369 e. The highest BCUT2D eigenvalue weighted by molar-refractivity contribution is 5.58. The van der Waals surface area contributed by atoms with Crippen molar-refractivity contribution in [2.75, 3.05) is 23.7 Å². The number of rotatable bonds is 8. The van der Waals surface area contributed by atoms with Gasteiger partial charge >= 0.3 is 0 Å². The molecule has 0 fully saturated rings. The molecule has 1 aromatic heterocycles. The van der Waals surface area contributed by atoms with E-state index in [0.717, 1.165) is 30.4 Å². The molecule has 0 spiro atoms. The molecule has 0 saturated carbocycles. The number of anilines is 3. The number of para-hydroxylation sites is 1. The lowest BCUT2D eigenvalue weighted by atomic mass is 10.2. The maximum Gasteiger partial charge on any atom is 0.135 e. The zero-order valence-corrected chi connectivity index (χ0v) is 14.5. The van der Waals surface area contributed by atoms with E-state index in [9.17, 15) is 0 Å². The SMILES string of the molecule is CC(C)N(CCNc1cc(Nc2ccccc2)ncn1)C(C)C. The van der Waals surface area contributed by atoms with E-state index in [0.29, 0.717) is 12.1 Å². The van der Waals surface area contributed by atoms with E-state index in [1.807, 2.05) is 36.4 Å². The van der Waals surface area contributed by atoms with Crippen molar-refractivity contribution in [1.82, 2.24) is 14.9 Å². The minimum Gasteiger partial charge on any atom is -0.369 e. The van der Waals surface area contributed by atoms with Crippen molar-refractivity contribution in [3.63, 3.8) is 0 Å². The van der Waals surface area contributed by atoms with Gasteiger partial charge in [-0.1, -0.05) is 18.2 Å². The molecule has 1 aromatic carbocycles. The summed E-state index contributed by atoms with van der Waals surface area (Å²) >= 11 is 0. The molecule has 0 saturated heterocycles. The highest BCUT2D eigenvalue weighted by Gasteiger charge is 2.12. The lowest BCUT2D eigenvalue weighted by Crippen LogP contribution is -2.40. The number of nitrogens with one attached hydrogen (secondary N) is 2. The van der Waals surface area contributed by atoms with Crippen LogP contribution in [0.4, 0.5) is 17.3 Å². The zero-order chi connectivity index (χ0) is 16.7. The van der Waals surface area contributed by atoms with Crippen molar-refractivity contribution < 1.29 is 0 Å². The summed E-state index contributed by atoms with van der Waals surface area (Å²) in [5.41, 5.74) is 1.02. The molecule has 1 heterocycles. The van der Waals surface area contributed by atoms with Gasteiger partial charge in [0.1, 0.15) is 18.0 Å². The first kappa shape index (κ1) is 17.2. The summed E-state index contributed by atoms with van der Waals surface area (Å²) in [7, 11) is 0. The fourth-order valence-corrected chi connectivity index (χ4v) is 2.62. The lowest BCUT2D eigenvalue weighted by molar-refractivity contribution is 0.182. The molecule has 2 aromatic rings. The van der Waals surface area contributed by atoms with E-state index in [1.54, 1.807) is 6.33 Å². The summed E-state index contributed by atoms with van der Waals surface area (Å²) in [5.74, 6) is 1.63. The second-order valence-electron chi connectivity index (χ2n) is 6.13. The predicted molar refractivity (Wildman–Crippen MR) is 97.2 cm³/mol. The van der Waals surface area contributed by atoms with Crippen LogP contribution in [-0.4, -0.2) is 40.0 Å². The molecule has 0 bridgehead atoms. The van der Waals surface area contributed by atoms with Crippen LogP contribution in [-0.2, 0) is 0 Å². The smallest absolute Gasteiger partial charge is 0.135 e. The molecule has 0 amide bonds. The minimum absolute atomic E-state index is 0.539. The summed E-state index contributed by atoms with van der Waals surface area (Å²) in [4.78, 5) is 11.0. The van der Waals surface area contributed by atoms with Crippen LogP contribution in [0.3, 0.4) is 0 Å². The molecule has 124 valence electrons. The van der Waals surface area contributed by atoms with Crippen LogP contribution >= 0.6 is 0 Å². The van der Waals surface area contributed by atoms with Crippen LogP contribution in [0, 0.1) is 0 Å². The van der Waals surface area contributed by atoms with Gasteiger partial charge in [0.2, 0.25) is 0 Å². The average Bonchev–Trinajstić information content (AvgIpc) is 2.52. The molecular weight excluding hydrogens is 286 g/mol. The van der Waals surface area contributed by atoms with Gasteiger partial charge in [-0.15, -0.1) is 0 Å². The van der Waals surface area contributed by atoms with Crippen molar-refractivity contribution in [2.45, 2.75) is 39.8 Å². The molecule has 2 N–H and O–H groups in total. The minimum atomic E-state index is 0.539. The molecule has 0 aliphatic carbocycles. The molecule has 0 aliphatic heterocycles. The van der Waals surface area contributed by atoms with Gasteiger partial charge < -0.3 is 10.6 Å². The van der Waals surface area contributed by atoms with Gasteiger partial charge in [0, 0.05) is 36.9 Å². The Morgan fingerprint density at radius 1 is 0.957 bits per heavy atom. The van der Waals surface area contributed by atoms with Gasteiger partial charge in [-0.25, -0.2) is 9.97 Å². The molecule has 5 heteroatoms. The van der Waals surface area contributed by atoms with Gasteiger partial charge in [0.25, 0.3) is 0 Å². The fourth-order valence-electron chi connectivity index (χ4n) is 2.62. The van der Waals surface area contributed by atoms with Gasteiger partial charge in [-0.05, 0) is 39.8 Å². The van der Waals surface area contributed by atoms with E-state index < -0.39 is 0 Å². The topological polar surface area (TPSA) is 53.1 Å². The monoisotopic (exact) mass is 313 g/mol. The Kier molecular flexibility index (Phi) is 6.35. The number of aromatic nitrogens is 2. The summed E-state index contributed by atoms with van der Waals surface area (Å²) in [6.07, 6.45) is 1.58. The number of hydrogen-bond donors (Lipinski definition) is 2. The number of hydrogen-bond acceptors (Lipinski definition) is 5. The zero-order valence-electron chi connectivity index (χ0n) is 14.5. The van der Waals surface area contributed by atoms with E-state index >= 15 is 0 Å². The van der Waals surface area contributed by atoms with Crippen molar-refractivity contribution in [2.24, 2.45) is 0 Å². The quantitative estimate of drug-likeness (QED) is 0.777. The Labute approximate surface area is 139 Å². The first-order valence-corrected chi connectivity index (χ1v) is 8.20. The molecule has 23 heavy (non-hydrogen) atoms. The summed E-state index contributed by atoms with van der Waals surface area (Å²) in [6.45, 7) is 10.8. The van der Waals surface area contributed by atoms with Crippen molar-refractivity contribution in [1.29, 1.82) is 0 Å². The van der Waals surface area contributed by atoms with Crippen LogP contribution in [0.15, 0.2) is 42.7 Å². The second kappa shape index (κ2) is 8.48. The van der Waals surface area contributed by atoms with Crippen molar-refractivity contribution in [3.05, 3.63) is 42.7 Å². The molecule has 5 nitrogen and oxygen atoms in total. The van der Waals surface area contributed by atoms with Crippen LogP contribution < -0.4 is 10.6 Å². The Balaban J connectivity index is 1.90. The Hall–Kier alpha value is -2.14. The Morgan fingerprint density at radius 2 is 1.61 bits per heavy atom. The maximum atomic E-state index is 4.29. The third-order valence-corrected chi connectivity index (χ3v) is 3.72. The maximum absolute atomic E-state index is 4.29.